The van der Waals surface area contributed by atoms with Gasteiger partial charge in [-0.3, -0.25) is 0 Å². The molecule has 0 atom stereocenters. The maximum Gasteiger partial charge on any atom is 0.167 e. The highest BCUT2D eigenvalue weighted by atomic mass is 16.3. The van der Waals surface area contributed by atoms with E-state index in [4.69, 9.17) is 26.2 Å². The number of nitrogens with zero attached hydrogens (tertiary/aromatic N) is 3. The van der Waals surface area contributed by atoms with Crippen molar-refractivity contribution in [3.05, 3.63) is 188 Å². The van der Waals surface area contributed by atoms with Crippen molar-refractivity contribution in [1.82, 2.24) is 15.0 Å². The summed E-state index contributed by atoms with van der Waals surface area (Å²) in [5.41, 5.74) is 6.15. The van der Waals surface area contributed by atoms with Crippen molar-refractivity contribution >= 4 is 54.3 Å². The van der Waals surface area contributed by atoms with Gasteiger partial charge in [0, 0.05) is 21.9 Å². The molecule has 0 aliphatic rings. The second-order valence-corrected chi connectivity index (χ2v) is 13.6. The number of hydrogen-bond acceptors (Lipinski definition) is 4. The fourth-order valence-electron chi connectivity index (χ4n) is 7.79. The van der Waals surface area contributed by atoms with Gasteiger partial charge < -0.3 is 4.42 Å². The van der Waals surface area contributed by atoms with Gasteiger partial charge in [0.2, 0.25) is 0 Å². The predicted octanol–water partition coefficient (Wildman–Crippen LogP) is 13.6. The Bertz CT molecular complexity index is 3500. The van der Waals surface area contributed by atoms with Crippen LogP contribution >= 0.6 is 0 Å². The molecule has 0 unspecified atom stereocenters. The third kappa shape index (κ3) is 5.26. The van der Waals surface area contributed by atoms with Crippen molar-refractivity contribution in [2.75, 3.05) is 0 Å². The van der Waals surface area contributed by atoms with Gasteiger partial charge in [0.15, 0.2) is 17.5 Å². The minimum atomic E-state index is -0.438. The van der Waals surface area contributed by atoms with Gasteiger partial charge in [0.1, 0.15) is 11.2 Å². The lowest BCUT2D eigenvalue weighted by atomic mass is 9.92. The van der Waals surface area contributed by atoms with Gasteiger partial charge in [-0.2, -0.15) is 0 Å². The monoisotopic (exact) mass is 706 g/mol. The van der Waals surface area contributed by atoms with E-state index in [2.05, 4.69) is 84.9 Å². The molecular weight excluding hydrogens is 671 g/mol. The van der Waals surface area contributed by atoms with Crippen molar-refractivity contribution in [2.24, 2.45) is 0 Å². The Morgan fingerprint density at radius 1 is 0.345 bits per heavy atom. The van der Waals surface area contributed by atoms with E-state index in [0.717, 1.165) is 33.0 Å². The highest BCUT2D eigenvalue weighted by Gasteiger charge is 2.19. The Morgan fingerprint density at radius 3 is 1.62 bits per heavy atom. The average Bonchev–Trinajstić information content (AvgIpc) is 3.69. The quantitative estimate of drug-likeness (QED) is 0.167. The number of para-hydroxylation sites is 1. The third-order valence-electron chi connectivity index (χ3n) is 10.4. The number of hydrogen-bond donors (Lipinski definition) is 0. The lowest BCUT2D eigenvalue weighted by Gasteiger charge is -2.12. The van der Waals surface area contributed by atoms with E-state index in [1.54, 1.807) is 18.2 Å². The molecule has 0 saturated carbocycles. The lowest BCUT2D eigenvalue weighted by Crippen LogP contribution is -2.00. The summed E-state index contributed by atoms with van der Waals surface area (Å²) in [5.74, 6) is 1.22. The molecule has 2 aromatic heterocycles. The number of rotatable bonds is 5. The smallest absolute Gasteiger partial charge is 0.167 e. The molecule has 2 heterocycles. The summed E-state index contributed by atoms with van der Waals surface area (Å²) in [6, 6.07) is 51.2. The number of furan rings is 1. The molecule has 256 valence electrons. The second kappa shape index (κ2) is 12.6. The summed E-state index contributed by atoms with van der Waals surface area (Å²) in [6.45, 7) is 0. The fraction of sp³-hybridized carbons (Fsp3) is 0. The van der Waals surface area contributed by atoms with Crippen LogP contribution in [0.3, 0.4) is 0 Å². The Kier molecular flexibility index (Phi) is 6.04. The molecule has 0 aliphatic heterocycles. The molecule has 11 aromatic rings. The maximum atomic E-state index is 8.59. The van der Waals surface area contributed by atoms with Gasteiger partial charge in [-0.15, -0.1) is 0 Å². The predicted molar refractivity (Wildman–Crippen MR) is 227 cm³/mol. The standard InChI is InChI=1S/C51H31N3O/c1-3-13-32(14-4-1)34-17-11-18-37(29-34)50-52-49(33-15-5-2-6-16-33)53-51(54-50)45-24-12-23-44-43-28-26-36(31-47(43)55-48(44)45)35-25-27-42-40-21-8-7-19-38(40)39-20-9-10-22-41(39)46(42)30-35/h1-31H/i1D,3D,4D,13D,14D. The molecule has 4 nitrogen and oxygen atoms in total. The molecule has 0 saturated heterocycles. The molecule has 0 radical (unpaired) electrons. The first-order chi connectivity index (χ1) is 29.3. The van der Waals surface area contributed by atoms with Crippen LogP contribution < -0.4 is 0 Å². The van der Waals surface area contributed by atoms with Crippen LogP contribution in [0, 0.1) is 0 Å². The Labute approximate surface area is 324 Å². The lowest BCUT2D eigenvalue weighted by molar-refractivity contribution is 0.669. The molecular formula is C51H31N3O. The first kappa shape index (κ1) is 26.4. The van der Waals surface area contributed by atoms with Crippen molar-refractivity contribution < 1.29 is 11.3 Å². The fourth-order valence-corrected chi connectivity index (χ4v) is 7.79. The van der Waals surface area contributed by atoms with Crippen LogP contribution in [0.5, 0.6) is 0 Å². The molecule has 55 heavy (non-hydrogen) atoms. The van der Waals surface area contributed by atoms with Crippen molar-refractivity contribution in [3.8, 4) is 56.4 Å². The van der Waals surface area contributed by atoms with Gasteiger partial charge in [-0.05, 0) is 84.9 Å². The Morgan fingerprint density at radius 2 is 0.873 bits per heavy atom. The summed E-state index contributed by atoms with van der Waals surface area (Å²) in [7, 11) is 0. The van der Waals surface area contributed by atoms with Crippen molar-refractivity contribution in [3.63, 3.8) is 0 Å². The maximum absolute atomic E-state index is 8.59. The molecule has 0 N–H and O–H groups in total. The second-order valence-electron chi connectivity index (χ2n) is 13.6. The SMILES string of the molecule is [2H]c1c([2H])c([2H])c(-c2cccc(-c3nc(-c4ccccc4)nc(-c4cccc5c4oc4cc(-c6ccc7c8ccccc8c8ccccc8c7c6)ccc45)n3)c2)c([2H])c1[2H]. The summed E-state index contributed by atoms with van der Waals surface area (Å²) in [6.07, 6.45) is 0. The minimum absolute atomic E-state index is 0.109. The Hall–Kier alpha value is -7.43. The largest absolute Gasteiger partial charge is 0.455 e. The van der Waals surface area contributed by atoms with E-state index in [1.165, 1.54) is 32.3 Å². The van der Waals surface area contributed by atoms with Gasteiger partial charge in [0.25, 0.3) is 0 Å². The number of aromatic nitrogens is 3. The topological polar surface area (TPSA) is 51.8 Å². The van der Waals surface area contributed by atoms with E-state index in [9.17, 15) is 0 Å². The molecule has 4 heteroatoms. The van der Waals surface area contributed by atoms with E-state index in [-0.39, 0.29) is 17.6 Å². The Balaban J connectivity index is 1.06. The molecule has 0 amide bonds. The summed E-state index contributed by atoms with van der Waals surface area (Å²) in [5, 5.41) is 9.25. The first-order valence-corrected chi connectivity index (χ1v) is 18.1. The van der Waals surface area contributed by atoms with Crippen molar-refractivity contribution in [2.45, 2.75) is 0 Å². The zero-order chi connectivity index (χ0) is 40.6. The summed E-state index contributed by atoms with van der Waals surface area (Å²) < 4.78 is 48.5. The van der Waals surface area contributed by atoms with Gasteiger partial charge in [0.05, 0.1) is 12.4 Å². The molecule has 0 aliphatic carbocycles. The van der Waals surface area contributed by atoms with Crippen LogP contribution in [0.4, 0.5) is 0 Å². The highest BCUT2D eigenvalue weighted by Crippen LogP contribution is 2.40. The van der Waals surface area contributed by atoms with Crippen molar-refractivity contribution in [1.29, 1.82) is 0 Å². The van der Waals surface area contributed by atoms with E-state index < -0.39 is 18.1 Å². The molecule has 0 spiro atoms. The van der Waals surface area contributed by atoms with Crippen LogP contribution in [0.15, 0.2) is 192 Å². The highest BCUT2D eigenvalue weighted by molar-refractivity contribution is 6.25. The summed E-state index contributed by atoms with van der Waals surface area (Å²) in [4.78, 5) is 14.9. The van der Waals surface area contributed by atoms with Crippen LogP contribution in [0.1, 0.15) is 6.85 Å². The molecule has 0 fully saturated rings. The molecule has 0 bridgehead atoms. The zero-order valence-electron chi connectivity index (χ0n) is 34.3. The normalized spacial score (nSPS) is 12.9. The minimum Gasteiger partial charge on any atom is -0.455 e. The first-order valence-electron chi connectivity index (χ1n) is 20.6. The van der Waals surface area contributed by atoms with Gasteiger partial charge in [-0.25, -0.2) is 15.0 Å². The van der Waals surface area contributed by atoms with Crippen LogP contribution in [0.2, 0.25) is 0 Å². The number of fused-ring (bicyclic) bond motifs is 9. The van der Waals surface area contributed by atoms with Gasteiger partial charge in [-0.1, -0.05) is 158 Å². The molecule has 9 aromatic carbocycles. The third-order valence-corrected chi connectivity index (χ3v) is 10.4. The van der Waals surface area contributed by atoms with Crippen LogP contribution in [-0.4, -0.2) is 15.0 Å². The van der Waals surface area contributed by atoms with E-state index in [1.807, 2.05) is 54.6 Å². The van der Waals surface area contributed by atoms with E-state index >= 15 is 0 Å². The molecule has 11 rings (SSSR count). The zero-order valence-corrected chi connectivity index (χ0v) is 29.3. The van der Waals surface area contributed by atoms with Crippen LogP contribution in [0.25, 0.3) is 111 Å². The average molecular weight is 707 g/mol. The van der Waals surface area contributed by atoms with Gasteiger partial charge >= 0.3 is 0 Å². The van der Waals surface area contributed by atoms with Crippen LogP contribution in [-0.2, 0) is 0 Å². The summed E-state index contributed by atoms with van der Waals surface area (Å²) >= 11 is 0. The van der Waals surface area contributed by atoms with E-state index in [0.29, 0.717) is 39.7 Å². The number of benzene rings is 9.